The first-order chi connectivity index (χ1) is 8.24. The Bertz CT molecular complexity index is 490. The van der Waals surface area contributed by atoms with Crippen LogP contribution in [0.25, 0.3) is 9.88 Å². The Morgan fingerprint density at radius 1 is 1.29 bits per heavy atom. The number of nitrogens with zero attached hydrogens (tertiary/aromatic N) is 1. The molecule has 2 nitrogen and oxygen atoms in total. The highest BCUT2D eigenvalue weighted by molar-refractivity contribution is 9.11. The van der Waals surface area contributed by atoms with Crippen LogP contribution in [-0.2, 0) is 13.0 Å². The molecule has 5 heteroatoms. The zero-order chi connectivity index (χ0) is 12.3. The van der Waals surface area contributed by atoms with Crippen molar-refractivity contribution < 1.29 is 0 Å². The Morgan fingerprint density at radius 2 is 2.12 bits per heavy atom. The summed E-state index contributed by atoms with van der Waals surface area (Å²) in [7, 11) is 0. The van der Waals surface area contributed by atoms with E-state index in [-0.39, 0.29) is 0 Å². The molecule has 2 heterocycles. The standard InChI is InChI=1S/C12H15BrN2S2/c1-3-8-10(7-14-4-2)17-12(15-8)9-5-6-11(13)16-9/h5-6,14H,3-4,7H2,1-2H3. The normalized spacial score (nSPS) is 11.0. The van der Waals surface area contributed by atoms with E-state index in [1.807, 2.05) is 0 Å². The lowest BCUT2D eigenvalue weighted by Crippen LogP contribution is -2.11. The maximum Gasteiger partial charge on any atom is 0.133 e. The van der Waals surface area contributed by atoms with Crippen LogP contribution in [0.2, 0.25) is 0 Å². The molecule has 0 aliphatic carbocycles. The van der Waals surface area contributed by atoms with Crippen LogP contribution in [0.5, 0.6) is 0 Å². The topological polar surface area (TPSA) is 24.9 Å². The molecule has 92 valence electrons. The summed E-state index contributed by atoms with van der Waals surface area (Å²) in [6.07, 6.45) is 1.00. The molecule has 1 N–H and O–H groups in total. The van der Waals surface area contributed by atoms with E-state index in [2.05, 4.69) is 47.2 Å². The van der Waals surface area contributed by atoms with Gasteiger partial charge in [-0.05, 0) is 41.0 Å². The van der Waals surface area contributed by atoms with Gasteiger partial charge in [-0.2, -0.15) is 0 Å². The first-order valence-corrected chi connectivity index (χ1v) is 8.12. The molecule has 2 rings (SSSR count). The third kappa shape index (κ3) is 3.16. The number of thiazole rings is 1. The first-order valence-electron chi connectivity index (χ1n) is 5.69. The molecule has 0 aromatic carbocycles. The molecule has 17 heavy (non-hydrogen) atoms. The Labute approximate surface area is 118 Å². The van der Waals surface area contributed by atoms with E-state index >= 15 is 0 Å². The highest BCUT2D eigenvalue weighted by Crippen LogP contribution is 2.35. The van der Waals surface area contributed by atoms with Gasteiger partial charge >= 0.3 is 0 Å². The van der Waals surface area contributed by atoms with Crippen LogP contribution >= 0.6 is 38.6 Å². The second-order valence-electron chi connectivity index (χ2n) is 3.63. The lowest BCUT2D eigenvalue weighted by atomic mass is 10.3. The number of hydrogen-bond acceptors (Lipinski definition) is 4. The van der Waals surface area contributed by atoms with Gasteiger partial charge in [0.1, 0.15) is 5.01 Å². The highest BCUT2D eigenvalue weighted by Gasteiger charge is 2.12. The van der Waals surface area contributed by atoms with Crippen molar-refractivity contribution in [3.8, 4) is 9.88 Å². The van der Waals surface area contributed by atoms with Crippen LogP contribution < -0.4 is 5.32 Å². The van der Waals surface area contributed by atoms with Crippen molar-refractivity contribution >= 4 is 38.6 Å². The molecule has 0 spiro atoms. The first kappa shape index (κ1) is 13.2. The molecular weight excluding hydrogens is 316 g/mol. The van der Waals surface area contributed by atoms with Crippen LogP contribution in [0.1, 0.15) is 24.4 Å². The smallest absolute Gasteiger partial charge is 0.133 e. The number of halogens is 1. The minimum atomic E-state index is 0.934. The molecule has 0 atom stereocenters. The largest absolute Gasteiger partial charge is 0.312 e. The van der Waals surface area contributed by atoms with Gasteiger partial charge in [0, 0.05) is 11.4 Å². The average molecular weight is 331 g/mol. The van der Waals surface area contributed by atoms with Crippen molar-refractivity contribution in [2.45, 2.75) is 26.8 Å². The number of hydrogen-bond donors (Lipinski definition) is 1. The fourth-order valence-electron chi connectivity index (χ4n) is 1.57. The minimum absolute atomic E-state index is 0.934. The van der Waals surface area contributed by atoms with E-state index in [1.54, 1.807) is 22.7 Å². The van der Waals surface area contributed by atoms with Crippen LogP contribution in [0, 0.1) is 0 Å². The molecule has 0 amide bonds. The summed E-state index contributed by atoms with van der Waals surface area (Å²) in [5, 5.41) is 4.52. The second-order valence-corrected chi connectivity index (χ2v) is 7.17. The predicted octanol–water partition coefficient (Wildman–Crippen LogP) is 4.31. The van der Waals surface area contributed by atoms with Crippen molar-refractivity contribution in [1.82, 2.24) is 10.3 Å². The highest BCUT2D eigenvalue weighted by atomic mass is 79.9. The van der Waals surface area contributed by atoms with E-state index in [4.69, 9.17) is 4.98 Å². The van der Waals surface area contributed by atoms with Crippen LogP contribution in [0.15, 0.2) is 15.9 Å². The summed E-state index contributed by atoms with van der Waals surface area (Å²) in [5.41, 5.74) is 1.23. The SMILES string of the molecule is CCNCc1sc(-c2ccc(Br)s2)nc1CC. The Hall–Kier alpha value is -0.230. The monoisotopic (exact) mass is 330 g/mol. The summed E-state index contributed by atoms with van der Waals surface area (Å²) in [6, 6.07) is 4.21. The maximum absolute atomic E-state index is 4.73. The van der Waals surface area contributed by atoms with Crippen molar-refractivity contribution in [2.24, 2.45) is 0 Å². The maximum atomic E-state index is 4.73. The van der Waals surface area contributed by atoms with Gasteiger partial charge in [0.15, 0.2) is 0 Å². The van der Waals surface area contributed by atoms with Gasteiger partial charge in [0.05, 0.1) is 14.4 Å². The van der Waals surface area contributed by atoms with Gasteiger partial charge in [0.2, 0.25) is 0 Å². The zero-order valence-corrected chi connectivity index (χ0v) is 13.1. The third-order valence-corrected chi connectivity index (χ3v) is 5.32. The molecule has 0 aliphatic rings. The van der Waals surface area contributed by atoms with Crippen LogP contribution in [0.4, 0.5) is 0 Å². The molecule has 0 fully saturated rings. The van der Waals surface area contributed by atoms with Crippen molar-refractivity contribution in [3.63, 3.8) is 0 Å². The van der Waals surface area contributed by atoms with Crippen molar-refractivity contribution in [2.75, 3.05) is 6.54 Å². The third-order valence-electron chi connectivity index (χ3n) is 2.43. The minimum Gasteiger partial charge on any atom is -0.312 e. The number of aromatic nitrogens is 1. The van der Waals surface area contributed by atoms with E-state index in [9.17, 15) is 0 Å². The van der Waals surface area contributed by atoms with Crippen molar-refractivity contribution in [3.05, 3.63) is 26.5 Å². The van der Waals surface area contributed by atoms with Gasteiger partial charge in [-0.3, -0.25) is 0 Å². The molecule has 0 aliphatic heterocycles. The Morgan fingerprint density at radius 3 is 2.71 bits per heavy atom. The quantitative estimate of drug-likeness (QED) is 0.883. The van der Waals surface area contributed by atoms with Gasteiger partial charge in [-0.25, -0.2) is 4.98 Å². The molecule has 0 saturated carbocycles. The lowest BCUT2D eigenvalue weighted by molar-refractivity contribution is 0.727. The summed E-state index contributed by atoms with van der Waals surface area (Å²) in [5.74, 6) is 0. The fraction of sp³-hybridized carbons (Fsp3) is 0.417. The lowest BCUT2D eigenvalue weighted by Gasteiger charge is -1.99. The van der Waals surface area contributed by atoms with Gasteiger partial charge < -0.3 is 5.32 Å². The van der Waals surface area contributed by atoms with Crippen molar-refractivity contribution in [1.29, 1.82) is 0 Å². The number of aryl methyl sites for hydroxylation is 1. The van der Waals surface area contributed by atoms with E-state index in [1.165, 1.54) is 15.4 Å². The number of thiophene rings is 1. The molecule has 0 bridgehead atoms. The molecule has 0 unspecified atom stereocenters. The van der Waals surface area contributed by atoms with Crippen LogP contribution in [0.3, 0.4) is 0 Å². The summed E-state index contributed by atoms with van der Waals surface area (Å²) in [6.45, 7) is 6.23. The van der Waals surface area contributed by atoms with Gasteiger partial charge in [-0.1, -0.05) is 13.8 Å². The molecule has 2 aromatic rings. The molecule has 0 radical (unpaired) electrons. The molecule has 2 aromatic heterocycles. The van der Waals surface area contributed by atoms with E-state index in [0.717, 1.165) is 28.3 Å². The van der Waals surface area contributed by atoms with Gasteiger partial charge in [0.25, 0.3) is 0 Å². The number of nitrogens with one attached hydrogen (secondary N) is 1. The average Bonchev–Trinajstić information content (AvgIpc) is 2.92. The van der Waals surface area contributed by atoms with E-state index in [0.29, 0.717) is 0 Å². The number of rotatable bonds is 5. The van der Waals surface area contributed by atoms with Gasteiger partial charge in [-0.15, -0.1) is 22.7 Å². The Balaban J connectivity index is 2.27. The summed E-state index contributed by atoms with van der Waals surface area (Å²) in [4.78, 5) is 7.35. The summed E-state index contributed by atoms with van der Waals surface area (Å²) < 4.78 is 1.16. The second kappa shape index (κ2) is 6.09. The summed E-state index contributed by atoms with van der Waals surface area (Å²) >= 11 is 7.04. The fourth-order valence-corrected chi connectivity index (χ4v) is 4.13. The van der Waals surface area contributed by atoms with E-state index < -0.39 is 0 Å². The van der Waals surface area contributed by atoms with Crippen LogP contribution in [-0.4, -0.2) is 11.5 Å². The predicted molar refractivity (Wildman–Crippen MR) is 79.9 cm³/mol. The zero-order valence-electron chi connectivity index (χ0n) is 9.92. The molecular formula is C12H15BrN2S2. The molecule has 0 saturated heterocycles. The Kier molecular flexibility index (Phi) is 4.73.